The summed E-state index contributed by atoms with van der Waals surface area (Å²) >= 11 is 0. The molecule has 0 atom stereocenters. The Labute approximate surface area is 133 Å². The number of carbonyl (C=O) groups is 1. The largest absolute Gasteiger partial charge is 0.488 e. The summed E-state index contributed by atoms with van der Waals surface area (Å²) in [5, 5.41) is 0.738. The number of carbonyl (C=O) groups excluding carboxylic acids is 1. The van der Waals surface area contributed by atoms with Crippen LogP contribution in [0.1, 0.15) is 28.4 Å². The Hall–Kier alpha value is -2.88. The molecule has 3 aromatic rings. The lowest BCUT2D eigenvalue weighted by molar-refractivity contribution is 0.101. The van der Waals surface area contributed by atoms with E-state index in [0.717, 1.165) is 16.5 Å². The second kappa shape index (κ2) is 6.08. The van der Waals surface area contributed by atoms with Gasteiger partial charge in [0.25, 0.3) is 0 Å². The van der Waals surface area contributed by atoms with E-state index in [9.17, 15) is 9.59 Å². The van der Waals surface area contributed by atoms with Crippen molar-refractivity contribution in [3.63, 3.8) is 0 Å². The minimum atomic E-state index is -0.474. The van der Waals surface area contributed by atoms with Gasteiger partial charge < -0.3 is 9.15 Å². The summed E-state index contributed by atoms with van der Waals surface area (Å²) in [5.41, 5.74) is 1.88. The molecule has 0 fully saturated rings. The van der Waals surface area contributed by atoms with E-state index in [-0.39, 0.29) is 11.4 Å². The monoisotopic (exact) mass is 308 g/mol. The van der Waals surface area contributed by atoms with Crippen LogP contribution in [0.5, 0.6) is 5.75 Å². The molecule has 0 aliphatic heterocycles. The lowest BCUT2D eigenvalue weighted by Crippen LogP contribution is -2.06. The molecule has 0 saturated carbocycles. The summed E-state index contributed by atoms with van der Waals surface area (Å²) in [4.78, 5) is 23.7. The zero-order valence-electron chi connectivity index (χ0n) is 13.0. The molecule has 116 valence electrons. The summed E-state index contributed by atoms with van der Waals surface area (Å²) in [7, 11) is 0. The normalized spacial score (nSPS) is 10.7. The van der Waals surface area contributed by atoms with Gasteiger partial charge in [0, 0.05) is 11.5 Å². The van der Waals surface area contributed by atoms with E-state index in [4.69, 9.17) is 9.15 Å². The fourth-order valence-corrected chi connectivity index (χ4v) is 2.55. The van der Waals surface area contributed by atoms with E-state index in [1.165, 1.54) is 13.0 Å². The van der Waals surface area contributed by atoms with Crippen LogP contribution in [0.15, 0.2) is 57.7 Å². The minimum absolute atomic E-state index is 0.201. The molecule has 1 aromatic heterocycles. The Bertz CT molecular complexity index is 923. The van der Waals surface area contributed by atoms with Gasteiger partial charge in [-0.05, 0) is 37.1 Å². The van der Waals surface area contributed by atoms with Gasteiger partial charge in [-0.15, -0.1) is 0 Å². The van der Waals surface area contributed by atoms with Gasteiger partial charge in [0.1, 0.15) is 17.9 Å². The molecule has 0 radical (unpaired) electrons. The second-order valence-electron chi connectivity index (χ2n) is 5.39. The summed E-state index contributed by atoms with van der Waals surface area (Å²) in [6, 6.07) is 14.6. The zero-order valence-corrected chi connectivity index (χ0v) is 13.0. The van der Waals surface area contributed by atoms with Crippen LogP contribution in [-0.4, -0.2) is 5.78 Å². The van der Waals surface area contributed by atoms with Crippen molar-refractivity contribution >= 4 is 16.8 Å². The third-order valence-electron chi connectivity index (χ3n) is 3.67. The van der Waals surface area contributed by atoms with Crippen LogP contribution in [0.2, 0.25) is 0 Å². The first-order valence-electron chi connectivity index (χ1n) is 7.31. The Morgan fingerprint density at radius 1 is 1.13 bits per heavy atom. The van der Waals surface area contributed by atoms with Gasteiger partial charge in [-0.3, -0.25) is 4.79 Å². The van der Waals surface area contributed by atoms with Crippen LogP contribution < -0.4 is 10.4 Å². The maximum atomic E-state index is 12.1. The highest BCUT2D eigenvalue weighted by Crippen LogP contribution is 2.30. The Kier molecular flexibility index (Phi) is 3.98. The Morgan fingerprint density at radius 2 is 1.87 bits per heavy atom. The molecule has 0 N–H and O–H groups in total. The molecule has 1 heterocycles. The molecule has 3 rings (SSSR count). The molecule has 4 nitrogen and oxygen atoms in total. The van der Waals surface area contributed by atoms with Gasteiger partial charge in [0.2, 0.25) is 0 Å². The van der Waals surface area contributed by atoms with Crippen molar-refractivity contribution in [2.24, 2.45) is 0 Å². The summed E-state index contributed by atoms with van der Waals surface area (Å²) in [6.07, 6.45) is 0. The number of hydrogen-bond acceptors (Lipinski definition) is 4. The van der Waals surface area contributed by atoms with Gasteiger partial charge in [-0.2, -0.15) is 0 Å². The van der Waals surface area contributed by atoms with Gasteiger partial charge >= 0.3 is 5.63 Å². The average Bonchev–Trinajstić information content (AvgIpc) is 2.52. The standard InChI is InChI=1S/C19H16O4/c1-12-10-17(21)23-19-15(12)8-9-16(18(19)13(2)20)22-11-14-6-4-3-5-7-14/h3-10H,11H2,1-2H3. The SMILES string of the molecule is CC(=O)c1c(OCc2ccccc2)ccc2c(C)cc(=O)oc12. The van der Waals surface area contributed by atoms with Crippen molar-refractivity contribution in [1.82, 2.24) is 0 Å². The zero-order chi connectivity index (χ0) is 16.4. The van der Waals surface area contributed by atoms with Crippen LogP contribution in [0, 0.1) is 6.92 Å². The van der Waals surface area contributed by atoms with Gasteiger partial charge in [0.05, 0.1) is 0 Å². The van der Waals surface area contributed by atoms with Gasteiger partial charge in [-0.25, -0.2) is 4.79 Å². The van der Waals surface area contributed by atoms with Crippen LogP contribution in [0.25, 0.3) is 11.0 Å². The highest BCUT2D eigenvalue weighted by Gasteiger charge is 2.17. The first-order chi connectivity index (χ1) is 11.1. The van der Waals surface area contributed by atoms with Crippen molar-refractivity contribution in [3.8, 4) is 5.75 Å². The molecule has 4 heteroatoms. The summed E-state index contributed by atoms with van der Waals surface area (Å²) in [6.45, 7) is 3.59. The van der Waals surface area contributed by atoms with E-state index >= 15 is 0 Å². The minimum Gasteiger partial charge on any atom is -0.488 e. The van der Waals surface area contributed by atoms with Crippen LogP contribution >= 0.6 is 0 Å². The number of ketones is 1. The highest BCUT2D eigenvalue weighted by atomic mass is 16.5. The van der Waals surface area contributed by atoms with Gasteiger partial charge in [-0.1, -0.05) is 30.3 Å². The number of hydrogen-bond donors (Lipinski definition) is 0. The molecule has 0 amide bonds. The van der Waals surface area contributed by atoms with E-state index in [2.05, 4.69) is 0 Å². The maximum absolute atomic E-state index is 12.1. The number of ether oxygens (including phenoxy) is 1. The van der Waals surface area contributed by atoms with Crippen molar-refractivity contribution in [1.29, 1.82) is 0 Å². The fourth-order valence-electron chi connectivity index (χ4n) is 2.55. The molecular weight excluding hydrogens is 292 g/mol. The molecule has 0 spiro atoms. The third-order valence-corrected chi connectivity index (χ3v) is 3.67. The van der Waals surface area contributed by atoms with Crippen molar-refractivity contribution in [2.45, 2.75) is 20.5 Å². The number of aryl methyl sites for hydroxylation is 1. The van der Waals surface area contributed by atoms with Gasteiger partial charge in [0.15, 0.2) is 11.4 Å². The molecule has 0 unspecified atom stereocenters. The smallest absolute Gasteiger partial charge is 0.336 e. The fraction of sp³-hybridized carbons (Fsp3) is 0.158. The average molecular weight is 308 g/mol. The third kappa shape index (κ3) is 3.01. The summed E-state index contributed by atoms with van der Waals surface area (Å²) in [5.74, 6) is 0.218. The van der Waals surface area contributed by atoms with E-state index in [0.29, 0.717) is 17.9 Å². The van der Waals surface area contributed by atoms with Crippen molar-refractivity contribution < 1.29 is 13.9 Å². The van der Waals surface area contributed by atoms with Crippen LogP contribution in [0.4, 0.5) is 0 Å². The first kappa shape index (κ1) is 15.0. The number of fused-ring (bicyclic) bond motifs is 1. The first-order valence-corrected chi connectivity index (χ1v) is 7.31. The molecule has 0 aliphatic carbocycles. The van der Waals surface area contributed by atoms with Crippen LogP contribution in [-0.2, 0) is 6.61 Å². The number of rotatable bonds is 4. The lowest BCUT2D eigenvalue weighted by Gasteiger charge is -2.12. The predicted octanol–water partition coefficient (Wildman–Crippen LogP) is 3.88. The predicted molar refractivity (Wildman–Crippen MR) is 88.0 cm³/mol. The topological polar surface area (TPSA) is 56.5 Å². The molecule has 2 aromatic carbocycles. The molecule has 23 heavy (non-hydrogen) atoms. The number of benzene rings is 2. The highest BCUT2D eigenvalue weighted by molar-refractivity contribution is 6.07. The molecule has 0 aliphatic rings. The van der Waals surface area contributed by atoms with E-state index < -0.39 is 5.63 Å². The van der Waals surface area contributed by atoms with Crippen LogP contribution in [0.3, 0.4) is 0 Å². The summed E-state index contributed by atoms with van der Waals surface area (Å²) < 4.78 is 11.1. The van der Waals surface area contributed by atoms with Crippen molar-refractivity contribution in [3.05, 3.63) is 75.6 Å². The molecule has 0 saturated heterocycles. The maximum Gasteiger partial charge on any atom is 0.336 e. The Balaban J connectivity index is 2.08. The Morgan fingerprint density at radius 3 is 2.57 bits per heavy atom. The molecule has 0 bridgehead atoms. The van der Waals surface area contributed by atoms with E-state index in [1.807, 2.05) is 37.3 Å². The quantitative estimate of drug-likeness (QED) is 0.542. The van der Waals surface area contributed by atoms with Crippen molar-refractivity contribution in [2.75, 3.05) is 0 Å². The molecular formula is C19H16O4. The van der Waals surface area contributed by atoms with E-state index in [1.54, 1.807) is 12.1 Å². The number of Topliss-reactive ketones (excluding diaryl/α,β-unsaturated/α-hetero) is 1. The lowest BCUT2D eigenvalue weighted by atomic mass is 10.0. The second-order valence-corrected chi connectivity index (χ2v) is 5.39.